The van der Waals surface area contributed by atoms with Crippen LogP contribution in [0.25, 0.3) is 0 Å². The fourth-order valence-corrected chi connectivity index (χ4v) is 2.54. The van der Waals surface area contributed by atoms with Crippen LogP contribution in [0.4, 0.5) is 11.4 Å². The van der Waals surface area contributed by atoms with Crippen molar-refractivity contribution in [2.24, 2.45) is 4.99 Å². The van der Waals surface area contributed by atoms with Crippen LogP contribution < -0.4 is 4.90 Å². The number of hydrogen-bond donors (Lipinski definition) is 0. The first-order valence-electron chi connectivity index (χ1n) is 6.30. The lowest BCUT2D eigenvalue weighted by Crippen LogP contribution is -2.41. The second-order valence-corrected chi connectivity index (χ2v) is 5.08. The number of benzene rings is 1. The molecular formula is C14H19N3S. The SMILES string of the molecule is CN(C)C1CCN(c2ccc(N=C=S)cc2)CC1. The second-order valence-electron chi connectivity index (χ2n) is 4.90. The number of aliphatic imine (C=N–C) groups is 1. The van der Waals surface area contributed by atoms with E-state index in [0.717, 1.165) is 24.8 Å². The molecule has 0 aromatic heterocycles. The quantitative estimate of drug-likeness (QED) is 0.616. The van der Waals surface area contributed by atoms with Gasteiger partial charge in [-0.25, -0.2) is 0 Å². The molecule has 0 saturated carbocycles. The molecule has 4 heteroatoms. The minimum Gasteiger partial charge on any atom is -0.371 e. The molecule has 1 heterocycles. The number of rotatable bonds is 3. The van der Waals surface area contributed by atoms with Crippen LogP contribution in [0.15, 0.2) is 29.3 Å². The van der Waals surface area contributed by atoms with E-state index in [9.17, 15) is 0 Å². The highest BCUT2D eigenvalue weighted by Crippen LogP contribution is 2.23. The summed E-state index contributed by atoms with van der Waals surface area (Å²) < 4.78 is 0. The number of hydrogen-bond acceptors (Lipinski definition) is 4. The van der Waals surface area contributed by atoms with Crippen molar-refractivity contribution in [3.05, 3.63) is 24.3 Å². The van der Waals surface area contributed by atoms with Crippen LogP contribution in [0, 0.1) is 0 Å². The number of nitrogens with zero attached hydrogens (tertiary/aromatic N) is 3. The molecule has 0 unspecified atom stereocenters. The molecule has 1 aliphatic rings. The lowest BCUT2D eigenvalue weighted by atomic mass is 10.0. The first kappa shape index (κ1) is 13.2. The van der Waals surface area contributed by atoms with Crippen molar-refractivity contribution in [1.82, 2.24) is 4.90 Å². The molecular weight excluding hydrogens is 242 g/mol. The van der Waals surface area contributed by atoms with E-state index < -0.39 is 0 Å². The second kappa shape index (κ2) is 6.10. The van der Waals surface area contributed by atoms with E-state index in [4.69, 9.17) is 0 Å². The largest absolute Gasteiger partial charge is 0.371 e. The zero-order valence-corrected chi connectivity index (χ0v) is 11.8. The Morgan fingerprint density at radius 1 is 1.22 bits per heavy atom. The van der Waals surface area contributed by atoms with Crippen molar-refractivity contribution in [3.63, 3.8) is 0 Å². The van der Waals surface area contributed by atoms with Gasteiger partial charge < -0.3 is 9.80 Å². The van der Waals surface area contributed by atoms with Crippen molar-refractivity contribution in [3.8, 4) is 0 Å². The van der Waals surface area contributed by atoms with E-state index in [1.54, 1.807) is 0 Å². The van der Waals surface area contributed by atoms with Crippen LogP contribution in [0.3, 0.4) is 0 Å². The first-order valence-corrected chi connectivity index (χ1v) is 6.71. The van der Waals surface area contributed by atoms with Crippen molar-refractivity contribution < 1.29 is 0 Å². The van der Waals surface area contributed by atoms with Crippen molar-refractivity contribution in [1.29, 1.82) is 0 Å². The van der Waals surface area contributed by atoms with Gasteiger partial charge in [0, 0.05) is 24.8 Å². The maximum absolute atomic E-state index is 4.60. The summed E-state index contributed by atoms with van der Waals surface area (Å²) in [6, 6.07) is 8.93. The summed E-state index contributed by atoms with van der Waals surface area (Å²) in [6.07, 6.45) is 2.46. The average Bonchev–Trinajstić information content (AvgIpc) is 2.40. The smallest absolute Gasteiger partial charge is 0.0741 e. The van der Waals surface area contributed by atoms with Crippen LogP contribution in [-0.2, 0) is 0 Å². The summed E-state index contributed by atoms with van der Waals surface area (Å²) >= 11 is 4.60. The molecule has 3 nitrogen and oxygen atoms in total. The molecule has 0 radical (unpaired) electrons. The van der Waals surface area contributed by atoms with Crippen molar-refractivity contribution >= 4 is 28.8 Å². The topological polar surface area (TPSA) is 18.8 Å². The fourth-order valence-electron chi connectivity index (χ4n) is 2.43. The summed E-state index contributed by atoms with van der Waals surface area (Å²) in [5, 5.41) is 2.39. The summed E-state index contributed by atoms with van der Waals surface area (Å²) in [6.45, 7) is 2.25. The fraction of sp³-hybridized carbons (Fsp3) is 0.500. The Kier molecular flexibility index (Phi) is 4.48. The van der Waals surface area contributed by atoms with E-state index in [1.165, 1.54) is 18.5 Å². The van der Waals surface area contributed by atoms with Crippen molar-refractivity contribution in [2.45, 2.75) is 18.9 Å². The van der Waals surface area contributed by atoms with Crippen molar-refractivity contribution in [2.75, 3.05) is 32.1 Å². The third kappa shape index (κ3) is 3.16. The predicted molar refractivity (Wildman–Crippen MR) is 80.1 cm³/mol. The lowest BCUT2D eigenvalue weighted by molar-refractivity contribution is 0.249. The molecule has 0 N–H and O–H groups in total. The predicted octanol–water partition coefficient (Wildman–Crippen LogP) is 2.95. The Hall–Kier alpha value is -1.22. The monoisotopic (exact) mass is 261 g/mol. The molecule has 1 fully saturated rings. The molecule has 96 valence electrons. The molecule has 1 saturated heterocycles. The van der Waals surface area contributed by atoms with E-state index in [-0.39, 0.29) is 0 Å². The van der Waals surface area contributed by atoms with Crippen LogP contribution in [0.5, 0.6) is 0 Å². The van der Waals surface area contributed by atoms with Gasteiger partial charge in [-0.3, -0.25) is 0 Å². The summed E-state index contributed by atoms with van der Waals surface area (Å²) in [5.41, 5.74) is 2.15. The first-order chi connectivity index (χ1) is 8.70. The van der Waals surface area contributed by atoms with Crippen LogP contribution in [0.2, 0.25) is 0 Å². The molecule has 1 aromatic carbocycles. The van der Waals surface area contributed by atoms with Gasteiger partial charge >= 0.3 is 0 Å². The van der Waals surface area contributed by atoms with Gasteiger partial charge in [-0.1, -0.05) is 0 Å². The molecule has 0 bridgehead atoms. The van der Waals surface area contributed by atoms with Gasteiger partial charge in [0.25, 0.3) is 0 Å². The van der Waals surface area contributed by atoms with Gasteiger partial charge in [0.15, 0.2) is 0 Å². The van der Waals surface area contributed by atoms with E-state index >= 15 is 0 Å². The average molecular weight is 261 g/mol. The van der Waals surface area contributed by atoms with E-state index in [2.05, 4.69) is 58.4 Å². The van der Waals surface area contributed by atoms with E-state index in [0.29, 0.717) is 0 Å². The Morgan fingerprint density at radius 2 is 1.83 bits per heavy atom. The molecule has 0 spiro atoms. The Bertz CT molecular complexity index is 427. The van der Waals surface area contributed by atoms with Crippen LogP contribution in [0.1, 0.15) is 12.8 Å². The number of piperidine rings is 1. The molecule has 1 aliphatic heterocycles. The number of anilines is 1. The van der Waals surface area contributed by atoms with Gasteiger partial charge in [-0.15, -0.1) is 0 Å². The molecule has 0 atom stereocenters. The summed E-state index contributed by atoms with van der Waals surface area (Å²) in [7, 11) is 4.33. The zero-order chi connectivity index (χ0) is 13.0. The van der Waals surface area contributed by atoms with Gasteiger partial charge in [-0.05, 0) is 63.4 Å². The Balaban J connectivity index is 1.99. The van der Waals surface area contributed by atoms with Gasteiger partial charge in [-0.2, -0.15) is 4.99 Å². The van der Waals surface area contributed by atoms with Gasteiger partial charge in [0.05, 0.1) is 10.8 Å². The van der Waals surface area contributed by atoms with Crippen LogP contribution >= 0.6 is 12.2 Å². The third-order valence-corrected chi connectivity index (χ3v) is 3.68. The molecule has 0 amide bonds. The lowest BCUT2D eigenvalue weighted by Gasteiger charge is -2.36. The standard InChI is InChI=1S/C14H19N3S/c1-16(2)13-7-9-17(10-8-13)14-5-3-12(4-6-14)15-11-18/h3-6,13H,7-10H2,1-2H3. The summed E-state index contributed by atoms with van der Waals surface area (Å²) in [4.78, 5) is 8.73. The minimum absolute atomic E-state index is 0.722. The minimum atomic E-state index is 0.722. The third-order valence-electron chi connectivity index (χ3n) is 3.58. The molecule has 18 heavy (non-hydrogen) atoms. The number of thiocarbonyl (C=S) groups is 1. The number of isothiocyanates is 1. The maximum Gasteiger partial charge on any atom is 0.0741 e. The Labute approximate surface area is 114 Å². The highest BCUT2D eigenvalue weighted by Gasteiger charge is 2.20. The van der Waals surface area contributed by atoms with Gasteiger partial charge in [0.2, 0.25) is 0 Å². The highest BCUT2D eigenvalue weighted by atomic mass is 32.1. The maximum atomic E-state index is 4.60. The normalized spacial score (nSPS) is 16.7. The molecule has 2 rings (SSSR count). The summed E-state index contributed by atoms with van der Waals surface area (Å²) in [5.74, 6) is 0. The highest BCUT2D eigenvalue weighted by molar-refractivity contribution is 7.78. The van der Waals surface area contributed by atoms with Gasteiger partial charge in [0.1, 0.15) is 0 Å². The Morgan fingerprint density at radius 3 is 2.33 bits per heavy atom. The van der Waals surface area contributed by atoms with Crippen LogP contribution in [-0.4, -0.2) is 43.3 Å². The van der Waals surface area contributed by atoms with E-state index in [1.807, 2.05) is 12.1 Å². The molecule has 0 aliphatic carbocycles. The zero-order valence-electron chi connectivity index (χ0n) is 11.0. The molecule has 1 aromatic rings.